The molecule has 1 rings (SSSR count). The van der Waals surface area contributed by atoms with Gasteiger partial charge in [0.2, 0.25) is 0 Å². The van der Waals surface area contributed by atoms with Crippen molar-refractivity contribution in [1.82, 2.24) is 4.67 Å². The first kappa shape index (κ1) is 10.9. The zero-order valence-electron chi connectivity index (χ0n) is 7.91. The molecule has 0 bridgehead atoms. The Morgan fingerprint density at radius 3 is 2.62 bits per heavy atom. The van der Waals surface area contributed by atoms with Crippen molar-refractivity contribution in [3.8, 4) is 0 Å². The Bertz CT molecular complexity index is 167. The number of hydrogen-bond acceptors (Lipinski definition) is 2. The van der Waals surface area contributed by atoms with Gasteiger partial charge < -0.3 is 5.11 Å². The molecule has 13 heavy (non-hydrogen) atoms. The highest BCUT2D eigenvalue weighted by Gasteiger charge is 2.16. The quantitative estimate of drug-likeness (QED) is 0.707. The standard InChI is InChI=1S/C9H18NO2P/c11-9(12)3-1-2-8-4-6-10(13)7-5-8/h8H,1-7,13H2,(H,11,12). The molecule has 1 atom stereocenters. The number of piperidine rings is 1. The maximum atomic E-state index is 10.3. The van der Waals surface area contributed by atoms with Gasteiger partial charge in [0.1, 0.15) is 0 Å². The summed E-state index contributed by atoms with van der Waals surface area (Å²) in [6.45, 7) is 2.28. The topological polar surface area (TPSA) is 40.5 Å². The Morgan fingerprint density at radius 1 is 1.46 bits per heavy atom. The van der Waals surface area contributed by atoms with Crippen LogP contribution in [0.4, 0.5) is 0 Å². The van der Waals surface area contributed by atoms with E-state index in [9.17, 15) is 4.79 Å². The molecule has 4 heteroatoms. The molecule has 0 saturated carbocycles. The highest BCUT2D eigenvalue weighted by Crippen LogP contribution is 2.23. The van der Waals surface area contributed by atoms with Gasteiger partial charge in [-0.1, -0.05) is 9.39 Å². The summed E-state index contributed by atoms with van der Waals surface area (Å²) in [5.74, 6) is 0.0969. The van der Waals surface area contributed by atoms with Crippen molar-refractivity contribution >= 4 is 15.4 Å². The molecule has 0 aromatic rings. The van der Waals surface area contributed by atoms with Crippen molar-refractivity contribution in [2.45, 2.75) is 32.1 Å². The fourth-order valence-corrected chi connectivity index (χ4v) is 2.08. The molecule has 3 nitrogen and oxygen atoms in total. The van der Waals surface area contributed by atoms with Crippen molar-refractivity contribution in [3.63, 3.8) is 0 Å². The van der Waals surface area contributed by atoms with Gasteiger partial charge in [0.25, 0.3) is 0 Å². The monoisotopic (exact) mass is 203 g/mol. The lowest BCUT2D eigenvalue weighted by atomic mass is 9.92. The minimum Gasteiger partial charge on any atom is -0.481 e. The van der Waals surface area contributed by atoms with Crippen LogP contribution in [0.2, 0.25) is 0 Å². The number of carboxylic acid groups (broad SMARTS) is 1. The molecule has 1 aliphatic rings. The van der Waals surface area contributed by atoms with Gasteiger partial charge in [0.15, 0.2) is 0 Å². The van der Waals surface area contributed by atoms with Crippen LogP contribution >= 0.6 is 9.39 Å². The summed E-state index contributed by atoms with van der Waals surface area (Å²) in [5, 5.41) is 8.47. The van der Waals surface area contributed by atoms with Crippen molar-refractivity contribution in [2.75, 3.05) is 13.1 Å². The number of hydrogen-bond donors (Lipinski definition) is 1. The van der Waals surface area contributed by atoms with Crippen molar-refractivity contribution in [2.24, 2.45) is 5.92 Å². The Hall–Kier alpha value is -0.140. The van der Waals surface area contributed by atoms with Gasteiger partial charge in [0, 0.05) is 19.5 Å². The summed E-state index contributed by atoms with van der Waals surface area (Å²) in [6, 6.07) is 0. The van der Waals surface area contributed by atoms with Crippen molar-refractivity contribution < 1.29 is 9.90 Å². The smallest absolute Gasteiger partial charge is 0.303 e. The van der Waals surface area contributed by atoms with E-state index in [2.05, 4.69) is 14.1 Å². The average Bonchev–Trinajstić information content (AvgIpc) is 2.08. The predicted molar refractivity (Wildman–Crippen MR) is 55.5 cm³/mol. The van der Waals surface area contributed by atoms with E-state index in [4.69, 9.17) is 5.11 Å². The zero-order chi connectivity index (χ0) is 9.68. The second-order valence-corrected chi connectivity index (χ2v) is 4.50. The second kappa shape index (κ2) is 5.56. The van der Waals surface area contributed by atoms with E-state index in [0.717, 1.165) is 31.8 Å². The summed E-state index contributed by atoms with van der Waals surface area (Å²) in [6.07, 6.45) is 4.72. The molecule has 1 N–H and O–H groups in total. The zero-order valence-corrected chi connectivity index (χ0v) is 9.06. The third-order valence-corrected chi connectivity index (χ3v) is 3.17. The minimum absolute atomic E-state index is 0.334. The molecule has 0 spiro atoms. The van der Waals surface area contributed by atoms with E-state index < -0.39 is 5.97 Å². The number of carbonyl (C=O) groups is 1. The Balaban J connectivity index is 2.05. The maximum absolute atomic E-state index is 10.3. The van der Waals surface area contributed by atoms with Crippen LogP contribution in [0.3, 0.4) is 0 Å². The molecule has 1 fully saturated rings. The van der Waals surface area contributed by atoms with Gasteiger partial charge in [-0.2, -0.15) is 0 Å². The lowest BCUT2D eigenvalue weighted by Gasteiger charge is -2.28. The van der Waals surface area contributed by atoms with Crippen LogP contribution in [0.15, 0.2) is 0 Å². The molecule has 1 saturated heterocycles. The highest BCUT2D eigenvalue weighted by molar-refractivity contribution is 7.13. The largest absolute Gasteiger partial charge is 0.481 e. The fraction of sp³-hybridized carbons (Fsp3) is 0.889. The van der Waals surface area contributed by atoms with Crippen LogP contribution in [-0.2, 0) is 4.79 Å². The Morgan fingerprint density at radius 2 is 2.08 bits per heavy atom. The van der Waals surface area contributed by atoms with Crippen molar-refractivity contribution in [3.05, 3.63) is 0 Å². The molecule has 0 aromatic carbocycles. The minimum atomic E-state index is -0.663. The molecule has 0 radical (unpaired) electrons. The normalized spacial score (nSPS) is 20.4. The number of aliphatic carboxylic acids is 1. The van der Waals surface area contributed by atoms with Crippen LogP contribution < -0.4 is 0 Å². The van der Waals surface area contributed by atoms with E-state index in [1.807, 2.05) is 0 Å². The predicted octanol–water partition coefficient (Wildman–Crippen LogP) is 1.74. The molecule has 0 aliphatic carbocycles. The SMILES string of the molecule is O=C(O)CCCC1CCN(P)CC1. The number of carboxylic acids is 1. The third-order valence-electron chi connectivity index (χ3n) is 2.65. The Labute approximate surface area is 81.8 Å². The van der Waals surface area contributed by atoms with Crippen LogP contribution in [-0.4, -0.2) is 28.8 Å². The summed E-state index contributed by atoms with van der Waals surface area (Å²) in [4.78, 5) is 10.3. The van der Waals surface area contributed by atoms with E-state index in [0.29, 0.717) is 6.42 Å². The third kappa shape index (κ3) is 4.58. The fourth-order valence-electron chi connectivity index (χ4n) is 1.78. The van der Waals surface area contributed by atoms with Crippen LogP contribution in [0, 0.1) is 5.92 Å². The highest BCUT2D eigenvalue weighted by atomic mass is 31.0. The molecule has 1 unspecified atom stereocenters. The summed E-state index contributed by atoms with van der Waals surface area (Å²) < 4.78 is 2.26. The second-order valence-electron chi connectivity index (χ2n) is 3.77. The van der Waals surface area contributed by atoms with Gasteiger partial charge >= 0.3 is 5.97 Å². The molecule has 0 amide bonds. The summed E-state index contributed by atoms with van der Waals surface area (Å²) >= 11 is 0. The van der Waals surface area contributed by atoms with Gasteiger partial charge in [-0.15, -0.1) is 0 Å². The molecular formula is C9H18NO2P. The first-order valence-electron chi connectivity index (χ1n) is 4.90. The lowest BCUT2D eigenvalue weighted by molar-refractivity contribution is -0.137. The van der Waals surface area contributed by atoms with Crippen LogP contribution in [0.1, 0.15) is 32.1 Å². The molecule has 76 valence electrons. The van der Waals surface area contributed by atoms with Gasteiger partial charge in [-0.05, 0) is 31.6 Å². The van der Waals surface area contributed by atoms with Crippen LogP contribution in [0.25, 0.3) is 0 Å². The average molecular weight is 203 g/mol. The molecule has 0 aromatic heterocycles. The molecule has 1 heterocycles. The van der Waals surface area contributed by atoms with E-state index in [1.54, 1.807) is 0 Å². The van der Waals surface area contributed by atoms with Gasteiger partial charge in [0.05, 0.1) is 0 Å². The number of nitrogens with zero attached hydrogens (tertiary/aromatic N) is 1. The number of rotatable bonds is 4. The Kier molecular flexibility index (Phi) is 4.68. The summed E-state index contributed by atoms with van der Waals surface area (Å²) in [7, 11) is 2.72. The maximum Gasteiger partial charge on any atom is 0.303 e. The van der Waals surface area contributed by atoms with Gasteiger partial charge in [-0.25, -0.2) is 0 Å². The molecular weight excluding hydrogens is 185 g/mol. The van der Waals surface area contributed by atoms with Crippen molar-refractivity contribution in [1.29, 1.82) is 0 Å². The first-order chi connectivity index (χ1) is 6.18. The lowest BCUT2D eigenvalue weighted by Crippen LogP contribution is -2.25. The first-order valence-corrected chi connectivity index (χ1v) is 5.41. The van der Waals surface area contributed by atoms with E-state index in [-0.39, 0.29) is 0 Å². The summed E-state index contributed by atoms with van der Waals surface area (Å²) in [5.41, 5.74) is 0. The van der Waals surface area contributed by atoms with Gasteiger partial charge in [-0.3, -0.25) is 9.46 Å². The van der Waals surface area contributed by atoms with E-state index >= 15 is 0 Å². The van der Waals surface area contributed by atoms with E-state index in [1.165, 1.54) is 12.8 Å². The molecule has 1 aliphatic heterocycles. The van der Waals surface area contributed by atoms with Crippen LogP contribution in [0.5, 0.6) is 0 Å².